The van der Waals surface area contributed by atoms with Crippen molar-refractivity contribution in [1.82, 2.24) is 0 Å². The zero-order chi connectivity index (χ0) is 42.7. The van der Waals surface area contributed by atoms with Crippen LogP contribution in [0, 0.1) is 0 Å². The van der Waals surface area contributed by atoms with E-state index in [0.717, 1.165) is 24.3 Å². The Kier molecular flexibility index (Phi) is 28.2. The number of carbonyl (C=O) groups excluding carboxylic acids is 2. The second-order valence-electron chi connectivity index (χ2n) is 16.6. The van der Waals surface area contributed by atoms with Gasteiger partial charge in [0, 0.05) is 0 Å². The van der Waals surface area contributed by atoms with Gasteiger partial charge in [-0.15, -0.1) is 0 Å². The summed E-state index contributed by atoms with van der Waals surface area (Å²) < 4.78 is 23.1. The fourth-order valence-electron chi connectivity index (χ4n) is 7.55. The SMILES string of the molecule is C=Cc1cc(C(=O)Oc2ccc(OCCCCCCCCCCCCCCCC)cc2)ccc1C(=O)Oc1ccc(OCCCCCCCCCCCCCCCC)cc1. The van der Waals surface area contributed by atoms with E-state index in [1.807, 2.05) is 24.3 Å². The van der Waals surface area contributed by atoms with Gasteiger partial charge >= 0.3 is 11.9 Å². The normalized spacial score (nSPS) is 11.0. The van der Waals surface area contributed by atoms with Gasteiger partial charge in [0.2, 0.25) is 0 Å². The van der Waals surface area contributed by atoms with Crippen LogP contribution in [0.5, 0.6) is 23.0 Å². The van der Waals surface area contributed by atoms with Crippen LogP contribution in [0.3, 0.4) is 0 Å². The number of esters is 2. The van der Waals surface area contributed by atoms with E-state index in [1.165, 1.54) is 173 Å². The van der Waals surface area contributed by atoms with Gasteiger partial charge in [0.15, 0.2) is 0 Å². The Morgan fingerprint density at radius 2 is 0.733 bits per heavy atom. The maximum atomic E-state index is 13.1. The maximum Gasteiger partial charge on any atom is 0.344 e. The molecule has 0 bridgehead atoms. The van der Waals surface area contributed by atoms with Crippen LogP contribution >= 0.6 is 0 Å². The maximum absolute atomic E-state index is 13.1. The minimum absolute atomic E-state index is 0.305. The average molecular weight is 825 g/mol. The molecule has 0 spiro atoms. The zero-order valence-corrected chi connectivity index (χ0v) is 37.8. The van der Waals surface area contributed by atoms with Gasteiger partial charge in [-0.1, -0.05) is 193 Å². The van der Waals surface area contributed by atoms with Crippen molar-refractivity contribution in [3.8, 4) is 23.0 Å². The highest BCUT2D eigenvalue weighted by Crippen LogP contribution is 2.24. The summed E-state index contributed by atoms with van der Waals surface area (Å²) in [5.74, 6) is 1.27. The number of benzene rings is 3. The van der Waals surface area contributed by atoms with Gasteiger partial charge in [-0.05, 0) is 85.1 Å². The number of ether oxygens (including phenoxy) is 4. The highest BCUT2D eigenvalue weighted by Gasteiger charge is 2.17. The first-order chi connectivity index (χ1) is 29.5. The summed E-state index contributed by atoms with van der Waals surface area (Å²) >= 11 is 0. The Labute approximate surface area is 365 Å². The molecule has 0 aliphatic carbocycles. The lowest BCUT2D eigenvalue weighted by molar-refractivity contribution is 0.0720. The highest BCUT2D eigenvalue weighted by molar-refractivity contribution is 5.98. The predicted octanol–water partition coefficient (Wildman–Crippen LogP) is 16.5. The molecule has 6 nitrogen and oxygen atoms in total. The minimum atomic E-state index is -0.537. The lowest BCUT2D eigenvalue weighted by Gasteiger charge is -2.11. The summed E-state index contributed by atoms with van der Waals surface area (Å²) in [6.45, 7) is 9.75. The van der Waals surface area contributed by atoms with Crippen LogP contribution in [0.15, 0.2) is 73.3 Å². The van der Waals surface area contributed by atoms with Gasteiger partial charge in [-0.2, -0.15) is 0 Å². The monoisotopic (exact) mass is 825 g/mol. The standard InChI is InChI=1S/C54H80O6/c1-4-7-9-11-13-15-17-19-21-23-25-27-29-31-43-57-48-34-38-50(39-35-48)59-53(55)47-33-42-52(46(6-3)45-47)54(56)60-51-40-36-49(37-41-51)58-44-32-30-28-26-24-22-20-18-16-14-12-10-8-5-2/h6,33-42,45H,3-5,7-32,43-44H2,1-2H3. The summed E-state index contributed by atoms with van der Waals surface area (Å²) in [5.41, 5.74) is 1.09. The van der Waals surface area contributed by atoms with Gasteiger partial charge in [0.1, 0.15) is 23.0 Å². The van der Waals surface area contributed by atoms with E-state index in [0.29, 0.717) is 41.4 Å². The second kappa shape index (κ2) is 33.6. The van der Waals surface area contributed by atoms with Crippen molar-refractivity contribution in [2.75, 3.05) is 13.2 Å². The van der Waals surface area contributed by atoms with Crippen LogP contribution in [0.25, 0.3) is 6.08 Å². The Bertz CT molecular complexity index is 1550. The zero-order valence-electron chi connectivity index (χ0n) is 37.8. The lowest BCUT2D eigenvalue weighted by atomic mass is 10.0. The molecule has 0 aliphatic heterocycles. The molecule has 3 rings (SSSR count). The van der Waals surface area contributed by atoms with Crippen LogP contribution in [0.4, 0.5) is 0 Å². The third kappa shape index (κ3) is 23.1. The molecule has 0 amide bonds. The molecular weight excluding hydrogens is 745 g/mol. The molecule has 0 heterocycles. The fraction of sp³-hybridized carbons (Fsp3) is 0.593. The van der Waals surface area contributed by atoms with E-state index >= 15 is 0 Å². The second-order valence-corrected chi connectivity index (χ2v) is 16.6. The fourth-order valence-corrected chi connectivity index (χ4v) is 7.55. The Hall–Kier alpha value is -4.06. The molecule has 0 saturated heterocycles. The highest BCUT2D eigenvalue weighted by atomic mass is 16.5. The average Bonchev–Trinajstić information content (AvgIpc) is 3.27. The van der Waals surface area contributed by atoms with Crippen LogP contribution in [0.2, 0.25) is 0 Å². The molecule has 0 saturated carbocycles. The predicted molar refractivity (Wildman–Crippen MR) is 251 cm³/mol. The smallest absolute Gasteiger partial charge is 0.344 e. The minimum Gasteiger partial charge on any atom is -0.494 e. The van der Waals surface area contributed by atoms with Crippen molar-refractivity contribution in [3.05, 3.63) is 90.0 Å². The quantitative estimate of drug-likeness (QED) is 0.0328. The van der Waals surface area contributed by atoms with E-state index in [2.05, 4.69) is 20.4 Å². The number of unbranched alkanes of at least 4 members (excludes halogenated alkanes) is 26. The van der Waals surface area contributed by atoms with E-state index in [1.54, 1.807) is 42.5 Å². The summed E-state index contributed by atoms with van der Waals surface area (Å²) in [6, 6.07) is 18.9. The number of hydrogen-bond donors (Lipinski definition) is 0. The Morgan fingerprint density at radius 1 is 0.417 bits per heavy atom. The molecule has 3 aromatic carbocycles. The van der Waals surface area contributed by atoms with Gasteiger partial charge in [-0.25, -0.2) is 9.59 Å². The van der Waals surface area contributed by atoms with E-state index in [9.17, 15) is 9.59 Å². The van der Waals surface area contributed by atoms with Gasteiger partial charge in [0.25, 0.3) is 0 Å². The largest absolute Gasteiger partial charge is 0.494 e. The Balaban J connectivity index is 1.26. The van der Waals surface area contributed by atoms with Crippen molar-refractivity contribution < 1.29 is 28.5 Å². The van der Waals surface area contributed by atoms with Crippen molar-refractivity contribution in [1.29, 1.82) is 0 Å². The number of carbonyl (C=O) groups is 2. The first kappa shape index (κ1) is 50.3. The van der Waals surface area contributed by atoms with Crippen LogP contribution in [-0.4, -0.2) is 25.2 Å². The molecule has 0 aliphatic rings. The third-order valence-corrected chi connectivity index (χ3v) is 11.3. The first-order valence-corrected chi connectivity index (χ1v) is 24.2. The van der Waals surface area contributed by atoms with Crippen LogP contribution in [0.1, 0.15) is 220 Å². The van der Waals surface area contributed by atoms with Gasteiger partial charge < -0.3 is 18.9 Å². The summed E-state index contributed by atoms with van der Waals surface area (Å²) in [4.78, 5) is 26.1. The lowest BCUT2D eigenvalue weighted by Crippen LogP contribution is -2.13. The third-order valence-electron chi connectivity index (χ3n) is 11.3. The molecule has 0 aromatic heterocycles. The summed E-state index contributed by atoms with van der Waals surface area (Å²) in [7, 11) is 0. The van der Waals surface area contributed by atoms with Gasteiger partial charge in [0.05, 0.1) is 24.3 Å². The summed E-state index contributed by atoms with van der Waals surface area (Å²) in [5, 5.41) is 0. The molecule has 0 radical (unpaired) electrons. The molecule has 0 N–H and O–H groups in total. The number of hydrogen-bond acceptors (Lipinski definition) is 6. The van der Waals surface area contributed by atoms with Crippen molar-refractivity contribution in [2.24, 2.45) is 0 Å². The van der Waals surface area contributed by atoms with E-state index in [-0.39, 0.29) is 0 Å². The molecule has 6 heteroatoms. The molecule has 0 unspecified atom stereocenters. The first-order valence-electron chi connectivity index (χ1n) is 24.2. The topological polar surface area (TPSA) is 71.1 Å². The molecule has 332 valence electrons. The summed E-state index contributed by atoms with van der Waals surface area (Å²) in [6.07, 6.45) is 38.7. The van der Waals surface area contributed by atoms with E-state index in [4.69, 9.17) is 18.9 Å². The molecule has 0 fully saturated rings. The van der Waals surface area contributed by atoms with Gasteiger partial charge in [-0.3, -0.25) is 0 Å². The van der Waals surface area contributed by atoms with Crippen molar-refractivity contribution in [2.45, 2.75) is 194 Å². The van der Waals surface area contributed by atoms with Crippen LogP contribution in [-0.2, 0) is 0 Å². The van der Waals surface area contributed by atoms with Crippen molar-refractivity contribution in [3.63, 3.8) is 0 Å². The van der Waals surface area contributed by atoms with Crippen molar-refractivity contribution >= 4 is 18.0 Å². The molecular formula is C54H80O6. The molecule has 3 aromatic rings. The molecule has 0 atom stereocenters. The Morgan fingerprint density at radius 3 is 1.08 bits per heavy atom. The number of rotatable bonds is 37. The molecule has 60 heavy (non-hydrogen) atoms. The van der Waals surface area contributed by atoms with Crippen LogP contribution < -0.4 is 18.9 Å². The van der Waals surface area contributed by atoms with E-state index < -0.39 is 11.9 Å².